The average molecular weight is 252 g/mol. The molecule has 1 aliphatic heterocycles. The number of rotatable bonds is 6. The summed E-state index contributed by atoms with van der Waals surface area (Å²) in [6, 6.07) is 8.77. The predicted octanol–water partition coefficient (Wildman–Crippen LogP) is 2.13. The van der Waals surface area contributed by atoms with Gasteiger partial charge in [0.05, 0.1) is 12.6 Å². The first-order valence-corrected chi connectivity index (χ1v) is 7.11. The summed E-state index contributed by atoms with van der Waals surface area (Å²) in [6.07, 6.45) is 1.05. The Bertz CT molecular complexity index is 359. The molecule has 0 radical (unpaired) electrons. The Hall–Kier alpha value is -0.550. The molecule has 3 N–H and O–H groups in total. The number of nitrogens with two attached hydrogens (primary N) is 1. The average Bonchev–Trinajstić information content (AvgIpc) is 2.79. The van der Waals surface area contributed by atoms with E-state index in [1.54, 1.807) is 0 Å². The Morgan fingerprint density at radius 2 is 2.35 bits per heavy atom. The number of hydrazine groups is 1. The van der Waals surface area contributed by atoms with Crippen LogP contribution in [0.2, 0.25) is 0 Å². The number of hydrogen-bond donors (Lipinski definition) is 2. The van der Waals surface area contributed by atoms with E-state index in [4.69, 9.17) is 10.6 Å². The van der Waals surface area contributed by atoms with Gasteiger partial charge < -0.3 is 4.74 Å². The molecule has 2 rings (SSSR count). The van der Waals surface area contributed by atoms with Crippen LogP contribution in [0.15, 0.2) is 29.2 Å². The van der Waals surface area contributed by atoms with Crippen LogP contribution in [0, 0.1) is 0 Å². The van der Waals surface area contributed by atoms with Gasteiger partial charge in [0, 0.05) is 23.2 Å². The fraction of sp³-hybridized carbons (Fsp3) is 0.538. The van der Waals surface area contributed by atoms with Gasteiger partial charge in [0.25, 0.3) is 0 Å². The van der Waals surface area contributed by atoms with Crippen LogP contribution in [0.4, 0.5) is 0 Å². The third-order valence-corrected chi connectivity index (χ3v) is 4.29. The van der Waals surface area contributed by atoms with E-state index in [0.29, 0.717) is 12.5 Å². The van der Waals surface area contributed by atoms with Crippen LogP contribution in [0.25, 0.3) is 0 Å². The van der Waals surface area contributed by atoms with Crippen molar-refractivity contribution in [1.82, 2.24) is 5.43 Å². The first-order valence-electron chi connectivity index (χ1n) is 6.12. The van der Waals surface area contributed by atoms with Gasteiger partial charge in [-0.15, -0.1) is 11.8 Å². The first-order chi connectivity index (χ1) is 8.36. The summed E-state index contributed by atoms with van der Waals surface area (Å²) < 4.78 is 5.61. The maximum Gasteiger partial charge on any atom is 0.0639 e. The normalized spacial score (nSPS) is 20.2. The Kier molecular flexibility index (Phi) is 4.86. The molecule has 4 heteroatoms. The van der Waals surface area contributed by atoms with E-state index >= 15 is 0 Å². The zero-order chi connectivity index (χ0) is 12.1. The second-order valence-electron chi connectivity index (χ2n) is 4.30. The maximum atomic E-state index is 5.65. The predicted molar refractivity (Wildman–Crippen MR) is 72.1 cm³/mol. The van der Waals surface area contributed by atoms with Gasteiger partial charge in [0.15, 0.2) is 0 Å². The second-order valence-corrected chi connectivity index (χ2v) is 5.37. The van der Waals surface area contributed by atoms with Crippen LogP contribution in [-0.2, 0) is 4.74 Å². The van der Waals surface area contributed by atoms with Crippen LogP contribution in [0.5, 0.6) is 0 Å². The van der Waals surface area contributed by atoms with Crippen molar-refractivity contribution in [3.63, 3.8) is 0 Å². The van der Waals surface area contributed by atoms with Gasteiger partial charge in [-0.05, 0) is 18.1 Å². The molecule has 3 nitrogen and oxygen atoms in total. The minimum Gasteiger partial charge on any atom is -0.380 e. The summed E-state index contributed by atoms with van der Waals surface area (Å²) >= 11 is 1.91. The Morgan fingerprint density at radius 1 is 1.53 bits per heavy atom. The molecule has 0 aromatic heterocycles. The molecule has 1 aromatic carbocycles. The van der Waals surface area contributed by atoms with Gasteiger partial charge in [-0.3, -0.25) is 11.3 Å². The molecule has 0 fully saturated rings. The lowest BCUT2D eigenvalue weighted by atomic mass is 9.94. The van der Waals surface area contributed by atoms with Gasteiger partial charge in [-0.1, -0.05) is 25.1 Å². The monoisotopic (exact) mass is 252 g/mol. The highest BCUT2D eigenvalue weighted by molar-refractivity contribution is 7.99. The molecule has 0 spiro atoms. The zero-order valence-corrected chi connectivity index (χ0v) is 11.0. The molecule has 2 atom stereocenters. The molecule has 0 aliphatic carbocycles. The van der Waals surface area contributed by atoms with Gasteiger partial charge >= 0.3 is 0 Å². The Labute approximate surface area is 107 Å². The molecule has 0 amide bonds. The topological polar surface area (TPSA) is 47.3 Å². The number of benzene rings is 1. The molecule has 0 bridgehead atoms. The van der Waals surface area contributed by atoms with Gasteiger partial charge in [0.2, 0.25) is 0 Å². The van der Waals surface area contributed by atoms with Crippen molar-refractivity contribution in [3.8, 4) is 0 Å². The highest BCUT2D eigenvalue weighted by atomic mass is 32.2. The minimum absolute atomic E-state index is 0.206. The van der Waals surface area contributed by atoms with Crippen molar-refractivity contribution in [2.75, 3.05) is 19.0 Å². The van der Waals surface area contributed by atoms with Crippen LogP contribution in [0.3, 0.4) is 0 Å². The lowest BCUT2D eigenvalue weighted by Gasteiger charge is -2.23. The van der Waals surface area contributed by atoms with Crippen LogP contribution >= 0.6 is 11.8 Å². The number of thioether (sulfide) groups is 1. The second kappa shape index (κ2) is 6.40. The molecule has 1 aromatic rings. The third kappa shape index (κ3) is 3.01. The smallest absolute Gasteiger partial charge is 0.0639 e. The first kappa shape index (κ1) is 12.9. The molecule has 1 aliphatic rings. The van der Waals surface area contributed by atoms with Crippen LogP contribution in [0.1, 0.15) is 24.8 Å². The largest absolute Gasteiger partial charge is 0.380 e. The fourth-order valence-electron chi connectivity index (χ4n) is 2.16. The van der Waals surface area contributed by atoms with Crippen molar-refractivity contribution in [2.24, 2.45) is 5.84 Å². The van der Waals surface area contributed by atoms with E-state index in [9.17, 15) is 0 Å². The number of hydrogen-bond acceptors (Lipinski definition) is 4. The Morgan fingerprint density at radius 3 is 3.12 bits per heavy atom. The SMILES string of the molecule is CCCOCC(NN)C1CSc2ccccc21. The number of nitrogens with one attached hydrogen (secondary N) is 1. The van der Waals surface area contributed by atoms with E-state index < -0.39 is 0 Å². The van der Waals surface area contributed by atoms with Crippen molar-refractivity contribution in [2.45, 2.75) is 30.2 Å². The Balaban J connectivity index is 2.01. The van der Waals surface area contributed by atoms with Gasteiger partial charge in [-0.2, -0.15) is 0 Å². The van der Waals surface area contributed by atoms with E-state index in [2.05, 4.69) is 36.6 Å². The van der Waals surface area contributed by atoms with E-state index in [0.717, 1.165) is 18.8 Å². The molecule has 17 heavy (non-hydrogen) atoms. The number of ether oxygens (including phenoxy) is 1. The fourth-order valence-corrected chi connectivity index (χ4v) is 3.49. The summed E-state index contributed by atoms with van der Waals surface area (Å²) in [7, 11) is 0. The summed E-state index contributed by atoms with van der Waals surface area (Å²) in [6.45, 7) is 3.61. The molecule has 94 valence electrons. The van der Waals surface area contributed by atoms with E-state index in [1.165, 1.54) is 10.5 Å². The molecular formula is C13H20N2OS. The van der Waals surface area contributed by atoms with E-state index in [-0.39, 0.29) is 6.04 Å². The minimum atomic E-state index is 0.206. The van der Waals surface area contributed by atoms with Crippen molar-refractivity contribution in [1.29, 1.82) is 0 Å². The summed E-state index contributed by atoms with van der Waals surface area (Å²) in [5.41, 5.74) is 4.31. The quantitative estimate of drug-likeness (QED) is 0.462. The molecule has 1 heterocycles. The summed E-state index contributed by atoms with van der Waals surface area (Å²) in [4.78, 5) is 1.38. The van der Waals surface area contributed by atoms with Crippen molar-refractivity contribution in [3.05, 3.63) is 29.8 Å². The lowest BCUT2D eigenvalue weighted by Crippen LogP contribution is -2.43. The van der Waals surface area contributed by atoms with E-state index in [1.807, 2.05) is 11.8 Å². The maximum absolute atomic E-state index is 5.65. The van der Waals surface area contributed by atoms with Crippen molar-refractivity contribution < 1.29 is 4.74 Å². The highest BCUT2D eigenvalue weighted by Crippen LogP contribution is 2.40. The molecular weight excluding hydrogens is 232 g/mol. The van der Waals surface area contributed by atoms with Gasteiger partial charge in [-0.25, -0.2) is 0 Å². The van der Waals surface area contributed by atoms with Crippen LogP contribution in [-0.4, -0.2) is 25.0 Å². The highest BCUT2D eigenvalue weighted by Gasteiger charge is 2.29. The zero-order valence-electron chi connectivity index (χ0n) is 10.2. The lowest BCUT2D eigenvalue weighted by molar-refractivity contribution is 0.106. The van der Waals surface area contributed by atoms with Gasteiger partial charge in [0.1, 0.15) is 0 Å². The third-order valence-electron chi connectivity index (χ3n) is 3.08. The summed E-state index contributed by atoms with van der Waals surface area (Å²) in [5.74, 6) is 7.20. The summed E-state index contributed by atoms with van der Waals surface area (Å²) in [5, 5.41) is 0. The molecule has 0 saturated carbocycles. The molecule has 2 unspecified atom stereocenters. The van der Waals surface area contributed by atoms with Crippen LogP contribution < -0.4 is 11.3 Å². The molecule has 0 saturated heterocycles. The van der Waals surface area contributed by atoms with Crippen molar-refractivity contribution >= 4 is 11.8 Å². The standard InChI is InChI=1S/C13H20N2OS/c1-2-7-16-8-12(15-14)11-9-17-13-6-4-3-5-10(11)13/h3-6,11-12,15H,2,7-9,14H2,1H3. The number of fused-ring (bicyclic) bond motifs is 1.